The molecule has 0 bridgehead atoms. The Morgan fingerprint density at radius 1 is 0.903 bits per heavy atom. The van der Waals surface area contributed by atoms with Crippen LogP contribution in [0.3, 0.4) is 0 Å². The SMILES string of the molecule is Cc1ccc(S(=O)(=O)N(CC(=O)Nc2ccccc2C(F)(F)F)c2ccccc2)cc1. The van der Waals surface area contributed by atoms with Gasteiger partial charge in [-0.05, 0) is 43.3 Å². The fraction of sp³-hybridized carbons (Fsp3) is 0.136. The highest BCUT2D eigenvalue weighted by molar-refractivity contribution is 7.92. The van der Waals surface area contributed by atoms with Gasteiger partial charge in [-0.15, -0.1) is 0 Å². The van der Waals surface area contributed by atoms with Gasteiger partial charge >= 0.3 is 6.18 Å². The molecule has 0 atom stereocenters. The molecule has 0 unspecified atom stereocenters. The van der Waals surface area contributed by atoms with E-state index >= 15 is 0 Å². The van der Waals surface area contributed by atoms with E-state index in [1.807, 2.05) is 0 Å². The third-order valence-electron chi connectivity index (χ3n) is 4.45. The fourth-order valence-electron chi connectivity index (χ4n) is 2.91. The molecule has 162 valence electrons. The summed E-state index contributed by atoms with van der Waals surface area (Å²) >= 11 is 0. The van der Waals surface area contributed by atoms with Crippen molar-refractivity contribution in [2.75, 3.05) is 16.2 Å². The van der Waals surface area contributed by atoms with Crippen molar-refractivity contribution in [3.8, 4) is 0 Å². The highest BCUT2D eigenvalue weighted by Crippen LogP contribution is 2.34. The van der Waals surface area contributed by atoms with E-state index in [1.165, 1.54) is 36.4 Å². The average Bonchev–Trinajstić information content (AvgIpc) is 2.72. The number of benzene rings is 3. The van der Waals surface area contributed by atoms with Crippen LogP contribution in [0.15, 0.2) is 83.8 Å². The minimum Gasteiger partial charge on any atom is -0.324 e. The Hall–Kier alpha value is -3.33. The number of rotatable bonds is 6. The van der Waals surface area contributed by atoms with E-state index in [1.54, 1.807) is 37.3 Å². The summed E-state index contributed by atoms with van der Waals surface area (Å²) in [5.41, 5.74) is -0.397. The number of sulfonamides is 1. The molecule has 5 nitrogen and oxygen atoms in total. The Kier molecular flexibility index (Phi) is 6.35. The number of anilines is 2. The molecule has 3 aromatic rings. The van der Waals surface area contributed by atoms with Crippen LogP contribution >= 0.6 is 0 Å². The number of halogens is 3. The molecule has 9 heteroatoms. The normalized spacial score (nSPS) is 11.7. The molecule has 1 amide bonds. The molecule has 31 heavy (non-hydrogen) atoms. The van der Waals surface area contributed by atoms with Gasteiger partial charge in [-0.2, -0.15) is 13.2 Å². The summed E-state index contributed by atoms with van der Waals surface area (Å²) in [7, 11) is -4.15. The van der Waals surface area contributed by atoms with Crippen LogP contribution < -0.4 is 9.62 Å². The number of hydrogen-bond acceptors (Lipinski definition) is 3. The number of hydrogen-bond donors (Lipinski definition) is 1. The van der Waals surface area contributed by atoms with Crippen molar-refractivity contribution in [2.45, 2.75) is 18.0 Å². The Morgan fingerprint density at radius 2 is 1.48 bits per heavy atom. The van der Waals surface area contributed by atoms with Gasteiger partial charge in [0.1, 0.15) is 6.54 Å². The molecule has 0 saturated heterocycles. The largest absolute Gasteiger partial charge is 0.418 e. The second kappa shape index (κ2) is 8.81. The van der Waals surface area contributed by atoms with E-state index in [2.05, 4.69) is 5.32 Å². The molecule has 0 aliphatic carbocycles. The molecule has 0 spiro atoms. The minimum atomic E-state index is -4.67. The average molecular weight is 448 g/mol. The van der Waals surface area contributed by atoms with Crippen molar-refractivity contribution >= 4 is 27.3 Å². The summed E-state index contributed by atoms with van der Waals surface area (Å²) in [6, 6.07) is 18.5. The minimum absolute atomic E-state index is 0.0366. The number of amides is 1. The lowest BCUT2D eigenvalue weighted by molar-refractivity contribution is -0.137. The number of alkyl halides is 3. The van der Waals surface area contributed by atoms with Gasteiger partial charge in [0.2, 0.25) is 5.91 Å². The van der Waals surface area contributed by atoms with E-state index < -0.39 is 39.9 Å². The van der Waals surface area contributed by atoms with Crippen molar-refractivity contribution in [1.29, 1.82) is 0 Å². The van der Waals surface area contributed by atoms with E-state index in [0.29, 0.717) is 0 Å². The smallest absolute Gasteiger partial charge is 0.324 e. The number of carbonyl (C=O) groups is 1. The molecule has 0 fully saturated rings. The zero-order valence-corrected chi connectivity index (χ0v) is 17.2. The molecule has 0 aliphatic heterocycles. The topological polar surface area (TPSA) is 66.5 Å². The number of nitrogens with one attached hydrogen (secondary N) is 1. The van der Waals surface area contributed by atoms with Crippen LogP contribution in [-0.2, 0) is 21.0 Å². The molecule has 0 heterocycles. The molecule has 3 aromatic carbocycles. The van der Waals surface area contributed by atoms with Crippen LogP contribution in [0.4, 0.5) is 24.5 Å². The predicted molar refractivity (Wildman–Crippen MR) is 112 cm³/mol. The Morgan fingerprint density at radius 3 is 2.10 bits per heavy atom. The molecular formula is C22H19F3N2O3S. The first-order valence-electron chi connectivity index (χ1n) is 9.19. The van der Waals surface area contributed by atoms with Gasteiger partial charge in [-0.3, -0.25) is 9.10 Å². The van der Waals surface area contributed by atoms with Crippen LogP contribution in [0, 0.1) is 6.92 Å². The van der Waals surface area contributed by atoms with Crippen molar-refractivity contribution in [1.82, 2.24) is 0 Å². The first-order chi connectivity index (χ1) is 14.6. The number of para-hydroxylation sites is 2. The number of carbonyl (C=O) groups excluding carboxylic acids is 1. The molecule has 3 rings (SSSR count). The second-order valence-corrected chi connectivity index (χ2v) is 8.61. The van der Waals surface area contributed by atoms with E-state index in [-0.39, 0.29) is 10.6 Å². The lowest BCUT2D eigenvalue weighted by atomic mass is 10.1. The zero-order chi connectivity index (χ0) is 22.6. The highest BCUT2D eigenvalue weighted by Gasteiger charge is 2.34. The van der Waals surface area contributed by atoms with Gasteiger partial charge in [-0.25, -0.2) is 8.42 Å². The monoisotopic (exact) mass is 448 g/mol. The summed E-state index contributed by atoms with van der Waals surface area (Å²) in [5, 5.41) is 2.18. The Labute approximate surface area is 178 Å². The molecule has 0 aromatic heterocycles. The molecule has 1 N–H and O–H groups in total. The summed E-state index contributed by atoms with van der Waals surface area (Å²) < 4.78 is 66.9. The van der Waals surface area contributed by atoms with Crippen molar-refractivity contribution in [3.63, 3.8) is 0 Å². The predicted octanol–water partition coefficient (Wildman–Crippen LogP) is 4.85. The fourth-order valence-corrected chi connectivity index (χ4v) is 4.33. The lowest BCUT2D eigenvalue weighted by Gasteiger charge is -2.24. The summed E-state index contributed by atoms with van der Waals surface area (Å²) in [4.78, 5) is 12.6. The summed E-state index contributed by atoms with van der Waals surface area (Å²) in [6.45, 7) is 1.10. The first-order valence-corrected chi connectivity index (χ1v) is 10.6. The quantitative estimate of drug-likeness (QED) is 0.586. The van der Waals surface area contributed by atoms with E-state index in [9.17, 15) is 26.4 Å². The third-order valence-corrected chi connectivity index (χ3v) is 6.24. The van der Waals surface area contributed by atoms with Crippen LogP contribution in [0.1, 0.15) is 11.1 Å². The maximum atomic E-state index is 13.2. The molecular weight excluding hydrogens is 429 g/mol. The zero-order valence-electron chi connectivity index (χ0n) is 16.4. The first kappa shape index (κ1) is 22.4. The van der Waals surface area contributed by atoms with Crippen molar-refractivity contribution in [3.05, 3.63) is 90.0 Å². The van der Waals surface area contributed by atoms with Crippen LogP contribution in [-0.4, -0.2) is 20.9 Å². The lowest BCUT2D eigenvalue weighted by Crippen LogP contribution is -2.38. The van der Waals surface area contributed by atoms with Gasteiger partial charge in [0.25, 0.3) is 10.0 Å². The van der Waals surface area contributed by atoms with Crippen molar-refractivity contribution < 1.29 is 26.4 Å². The van der Waals surface area contributed by atoms with E-state index in [0.717, 1.165) is 22.0 Å². The maximum absolute atomic E-state index is 13.2. The summed E-state index contributed by atoms with van der Waals surface area (Å²) in [6.07, 6.45) is -4.67. The van der Waals surface area contributed by atoms with Gasteiger partial charge in [0.15, 0.2) is 0 Å². The number of nitrogens with zero attached hydrogens (tertiary/aromatic N) is 1. The van der Waals surface area contributed by atoms with Crippen LogP contribution in [0.5, 0.6) is 0 Å². The van der Waals surface area contributed by atoms with Crippen molar-refractivity contribution in [2.24, 2.45) is 0 Å². The van der Waals surface area contributed by atoms with Gasteiger partial charge in [-0.1, -0.05) is 48.0 Å². The van der Waals surface area contributed by atoms with E-state index in [4.69, 9.17) is 0 Å². The van der Waals surface area contributed by atoms with Gasteiger partial charge < -0.3 is 5.32 Å². The number of aryl methyl sites for hydroxylation is 1. The third kappa shape index (κ3) is 5.24. The van der Waals surface area contributed by atoms with Gasteiger partial charge in [0.05, 0.1) is 21.8 Å². The van der Waals surface area contributed by atoms with Crippen LogP contribution in [0.25, 0.3) is 0 Å². The molecule has 0 saturated carbocycles. The second-order valence-electron chi connectivity index (χ2n) is 6.75. The molecule has 0 radical (unpaired) electrons. The van der Waals surface area contributed by atoms with Crippen LogP contribution in [0.2, 0.25) is 0 Å². The summed E-state index contributed by atoms with van der Waals surface area (Å²) in [5.74, 6) is -0.906. The Bertz CT molecular complexity index is 1160. The Balaban J connectivity index is 1.94. The standard InChI is InChI=1S/C22H19F3N2O3S/c1-16-11-13-18(14-12-16)31(29,30)27(17-7-3-2-4-8-17)15-21(28)26-20-10-6-5-9-19(20)22(23,24)25/h2-14H,15H2,1H3,(H,26,28). The molecule has 0 aliphatic rings. The maximum Gasteiger partial charge on any atom is 0.418 e. The highest BCUT2D eigenvalue weighted by atomic mass is 32.2. The van der Waals surface area contributed by atoms with Gasteiger partial charge in [0, 0.05) is 0 Å².